The van der Waals surface area contributed by atoms with Crippen molar-refractivity contribution in [3.8, 4) is 0 Å². The van der Waals surface area contributed by atoms with Crippen LogP contribution in [-0.4, -0.2) is 43.0 Å². The summed E-state index contributed by atoms with van der Waals surface area (Å²) >= 11 is 0. The van der Waals surface area contributed by atoms with Crippen LogP contribution >= 0.6 is 0 Å². The fourth-order valence-corrected chi connectivity index (χ4v) is 2.44. The molecule has 0 unspecified atom stereocenters. The maximum atomic E-state index is 12.9. The van der Waals surface area contributed by atoms with Gasteiger partial charge in [-0.15, -0.1) is 0 Å². The van der Waals surface area contributed by atoms with Gasteiger partial charge in [-0.3, -0.25) is 4.90 Å². The normalized spacial score (nSPS) is 30.4. The molecule has 2 nitrogen and oxygen atoms in total. The Labute approximate surface area is 83.7 Å². The van der Waals surface area contributed by atoms with Crippen LogP contribution in [0.4, 0.5) is 8.78 Å². The van der Waals surface area contributed by atoms with Gasteiger partial charge in [0.15, 0.2) is 0 Å². The Hall–Kier alpha value is -0.220. The van der Waals surface area contributed by atoms with Crippen molar-refractivity contribution >= 4 is 0 Å². The molecule has 0 amide bonds. The number of halogens is 2. The van der Waals surface area contributed by atoms with Gasteiger partial charge < -0.3 is 5.32 Å². The van der Waals surface area contributed by atoms with E-state index in [-0.39, 0.29) is 12.8 Å². The van der Waals surface area contributed by atoms with Crippen LogP contribution in [0.25, 0.3) is 0 Å². The molecule has 4 heteroatoms. The number of nitrogens with one attached hydrogen (secondary N) is 1. The summed E-state index contributed by atoms with van der Waals surface area (Å²) in [6.45, 7) is 4.06. The van der Waals surface area contributed by atoms with Gasteiger partial charge in [-0.25, -0.2) is 8.78 Å². The van der Waals surface area contributed by atoms with E-state index < -0.39 is 5.92 Å². The first-order valence-corrected chi connectivity index (χ1v) is 5.50. The molecule has 0 bridgehead atoms. The number of rotatable bonds is 1. The Morgan fingerprint density at radius 1 is 1.07 bits per heavy atom. The molecule has 0 aromatic heterocycles. The van der Waals surface area contributed by atoms with Crippen molar-refractivity contribution < 1.29 is 8.78 Å². The van der Waals surface area contributed by atoms with Gasteiger partial charge in [0.25, 0.3) is 0 Å². The highest BCUT2D eigenvalue weighted by Crippen LogP contribution is 2.34. The van der Waals surface area contributed by atoms with Crippen LogP contribution in [0.15, 0.2) is 0 Å². The molecular formula is C10H18F2N2. The van der Waals surface area contributed by atoms with Crippen molar-refractivity contribution in [2.45, 2.75) is 37.6 Å². The lowest BCUT2D eigenvalue weighted by atomic mass is 9.91. The molecule has 1 aliphatic heterocycles. The molecule has 14 heavy (non-hydrogen) atoms. The van der Waals surface area contributed by atoms with E-state index in [1.807, 2.05) is 0 Å². The summed E-state index contributed by atoms with van der Waals surface area (Å²) in [6, 6.07) is 0.414. The van der Waals surface area contributed by atoms with Gasteiger partial charge in [0, 0.05) is 45.1 Å². The summed E-state index contributed by atoms with van der Waals surface area (Å²) in [7, 11) is 0. The Kier molecular flexibility index (Phi) is 3.02. The lowest BCUT2D eigenvalue weighted by Gasteiger charge is -2.38. The van der Waals surface area contributed by atoms with Crippen LogP contribution in [0.3, 0.4) is 0 Å². The van der Waals surface area contributed by atoms with Gasteiger partial charge in [0.2, 0.25) is 5.92 Å². The standard InChI is InChI=1S/C10H18F2N2/c11-10(12)3-1-9(2-4-10)14-7-5-13-6-8-14/h9,13H,1-8H2. The van der Waals surface area contributed by atoms with Crippen molar-refractivity contribution in [2.24, 2.45) is 0 Å². The van der Waals surface area contributed by atoms with Crippen molar-refractivity contribution in [2.75, 3.05) is 26.2 Å². The van der Waals surface area contributed by atoms with Crippen molar-refractivity contribution in [1.29, 1.82) is 0 Å². The van der Waals surface area contributed by atoms with E-state index in [2.05, 4.69) is 10.2 Å². The number of nitrogens with zero attached hydrogens (tertiary/aromatic N) is 1. The van der Waals surface area contributed by atoms with Gasteiger partial charge >= 0.3 is 0 Å². The number of alkyl halides is 2. The molecule has 0 spiro atoms. The SMILES string of the molecule is FC1(F)CCC(N2CCNCC2)CC1. The zero-order chi connectivity index (χ0) is 10.0. The van der Waals surface area contributed by atoms with Crippen molar-refractivity contribution in [3.63, 3.8) is 0 Å². The summed E-state index contributed by atoms with van der Waals surface area (Å²) in [5, 5.41) is 3.28. The van der Waals surface area contributed by atoms with Crippen LogP contribution in [0.5, 0.6) is 0 Å². The van der Waals surface area contributed by atoms with Crippen molar-refractivity contribution in [1.82, 2.24) is 10.2 Å². The summed E-state index contributed by atoms with van der Waals surface area (Å²) in [5.41, 5.74) is 0. The number of piperazine rings is 1. The first-order chi connectivity index (χ1) is 6.67. The van der Waals surface area contributed by atoms with Crippen LogP contribution < -0.4 is 5.32 Å². The first kappa shape index (κ1) is 10.3. The zero-order valence-corrected chi connectivity index (χ0v) is 8.44. The quantitative estimate of drug-likeness (QED) is 0.696. The highest BCUT2D eigenvalue weighted by atomic mass is 19.3. The minimum Gasteiger partial charge on any atom is -0.314 e. The largest absolute Gasteiger partial charge is 0.314 e. The number of hydrogen-bond acceptors (Lipinski definition) is 2. The summed E-state index contributed by atoms with van der Waals surface area (Å²) in [6.07, 6.45) is 1.52. The predicted molar refractivity (Wildman–Crippen MR) is 51.6 cm³/mol. The molecule has 82 valence electrons. The Balaban J connectivity index is 1.82. The molecule has 0 atom stereocenters. The average Bonchev–Trinajstić information content (AvgIpc) is 2.19. The van der Waals surface area contributed by atoms with E-state index in [9.17, 15) is 8.78 Å². The fourth-order valence-electron chi connectivity index (χ4n) is 2.44. The van der Waals surface area contributed by atoms with Gasteiger partial charge in [-0.2, -0.15) is 0 Å². The lowest BCUT2D eigenvalue weighted by molar-refractivity contribution is -0.0546. The third-order valence-corrected chi connectivity index (χ3v) is 3.35. The molecule has 0 aromatic carbocycles. The van der Waals surface area contributed by atoms with E-state index >= 15 is 0 Å². The molecule has 2 aliphatic rings. The summed E-state index contributed by atoms with van der Waals surface area (Å²) in [5.74, 6) is -2.38. The Morgan fingerprint density at radius 2 is 1.64 bits per heavy atom. The molecule has 0 radical (unpaired) electrons. The smallest absolute Gasteiger partial charge is 0.248 e. The molecule has 1 aliphatic carbocycles. The monoisotopic (exact) mass is 204 g/mol. The van der Waals surface area contributed by atoms with Crippen LogP contribution in [0.1, 0.15) is 25.7 Å². The molecule has 2 fully saturated rings. The highest BCUT2D eigenvalue weighted by Gasteiger charge is 2.36. The van der Waals surface area contributed by atoms with Gasteiger partial charge in [-0.1, -0.05) is 0 Å². The van der Waals surface area contributed by atoms with E-state index in [1.54, 1.807) is 0 Å². The first-order valence-electron chi connectivity index (χ1n) is 5.50. The van der Waals surface area contributed by atoms with E-state index in [0.29, 0.717) is 18.9 Å². The molecule has 2 rings (SSSR count). The zero-order valence-electron chi connectivity index (χ0n) is 8.44. The van der Waals surface area contributed by atoms with Crippen LogP contribution in [0.2, 0.25) is 0 Å². The third-order valence-electron chi connectivity index (χ3n) is 3.35. The lowest BCUT2D eigenvalue weighted by Crippen LogP contribution is -2.50. The van der Waals surface area contributed by atoms with Gasteiger partial charge in [0.1, 0.15) is 0 Å². The molecule has 0 aromatic rings. The van der Waals surface area contributed by atoms with Crippen LogP contribution in [0, 0.1) is 0 Å². The molecule has 1 N–H and O–H groups in total. The predicted octanol–water partition coefficient (Wildman–Crippen LogP) is 1.47. The Bertz CT molecular complexity index is 181. The second kappa shape index (κ2) is 4.11. The highest BCUT2D eigenvalue weighted by molar-refractivity contribution is 4.85. The fraction of sp³-hybridized carbons (Fsp3) is 1.00. The van der Waals surface area contributed by atoms with Crippen molar-refractivity contribution in [3.05, 3.63) is 0 Å². The van der Waals surface area contributed by atoms with E-state index in [4.69, 9.17) is 0 Å². The van der Waals surface area contributed by atoms with E-state index in [1.165, 1.54) is 0 Å². The molecule has 1 saturated carbocycles. The van der Waals surface area contributed by atoms with Gasteiger partial charge in [0.05, 0.1) is 0 Å². The second-order valence-electron chi connectivity index (χ2n) is 4.37. The molecular weight excluding hydrogens is 186 g/mol. The summed E-state index contributed by atoms with van der Waals surface area (Å²) in [4.78, 5) is 2.37. The van der Waals surface area contributed by atoms with E-state index in [0.717, 1.165) is 26.2 Å². The summed E-state index contributed by atoms with van der Waals surface area (Å²) < 4.78 is 25.8. The van der Waals surface area contributed by atoms with Crippen LogP contribution in [-0.2, 0) is 0 Å². The topological polar surface area (TPSA) is 15.3 Å². The van der Waals surface area contributed by atoms with Gasteiger partial charge in [-0.05, 0) is 12.8 Å². The molecule has 1 saturated heterocycles. The maximum absolute atomic E-state index is 12.9. The third kappa shape index (κ3) is 2.42. The molecule has 1 heterocycles. The second-order valence-corrected chi connectivity index (χ2v) is 4.37. The minimum atomic E-state index is -2.38. The minimum absolute atomic E-state index is 0.0849. The Morgan fingerprint density at radius 3 is 2.21 bits per heavy atom. The maximum Gasteiger partial charge on any atom is 0.248 e. The number of hydrogen-bond donors (Lipinski definition) is 1. The average molecular weight is 204 g/mol.